The van der Waals surface area contributed by atoms with Crippen LogP contribution in [0.1, 0.15) is 25.8 Å². The number of methoxy groups -OCH3 is 1. The van der Waals surface area contributed by atoms with Crippen LogP contribution in [0.4, 0.5) is 4.39 Å². The van der Waals surface area contributed by atoms with E-state index in [0.29, 0.717) is 19.2 Å². The van der Waals surface area contributed by atoms with Crippen LogP contribution in [0.5, 0.6) is 0 Å². The maximum Gasteiger partial charge on any atom is 0.488 e. The van der Waals surface area contributed by atoms with Crippen molar-refractivity contribution in [2.45, 2.75) is 32.9 Å². The van der Waals surface area contributed by atoms with Crippen LogP contribution in [0.2, 0.25) is 0 Å². The summed E-state index contributed by atoms with van der Waals surface area (Å²) in [6.07, 6.45) is 0.974. The molecule has 0 saturated carbocycles. The fourth-order valence-corrected chi connectivity index (χ4v) is 2.09. The van der Waals surface area contributed by atoms with Gasteiger partial charge in [-0.15, -0.1) is 0 Å². The molecular weight excluding hydrogens is 260 g/mol. The van der Waals surface area contributed by atoms with Gasteiger partial charge in [0.2, 0.25) is 0 Å². The van der Waals surface area contributed by atoms with Crippen molar-refractivity contribution in [2.75, 3.05) is 20.3 Å². The molecule has 6 heteroatoms. The molecule has 0 radical (unpaired) electrons. The van der Waals surface area contributed by atoms with Crippen LogP contribution in [0.3, 0.4) is 0 Å². The minimum atomic E-state index is -1.66. The van der Waals surface area contributed by atoms with Gasteiger partial charge in [-0.3, -0.25) is 4.90 Å². The largest absolute Gasteiger partial charge is 0.488 e. The topological polar surface area (TPSA) is 52.9 Å². The monoisotopic (exact) mass is 283 g/mol. The molecule has 1 unspecified atom stereocenters. The van der Waals surface area contributed by atoms with Gasteiger partial charge in [0.05, 0.1) is 6.61 Å². The van der Waals surface area contributed by atoms with E-state index in [2.05, 4.69) is 18.7 Å². The lowest BCUT2D eigenvalue weighted by Gasteiger charge is -2.29. The van der Waals surface area contributed by atoms with E-state index in [4.69, 9.17) is 4.74 Å². The van der Waals surface area contributed by atoms with Crippen molar-refractivity contribution in [3.63, 3.8) is 0 Å². The standard InChI is InChI=1S/C14H23BFNO3/c1-4-11(2)17(7-8-20-3)10-12-5-6-13(16)9-14(12)15(18)19/h5-6,9,11,18-19H,4,7-8,10H2,1-3H3. The molecule has 1 rings (SSSR count). The summed E-state index contributed by atoms with van der Waals surface area (Å²) in [6, 6.07) is 4.45. The molecule has 0 amide bonds. The van der Waals surface area contributed by atoms with Crippen molar-refractivity contribution in [1.82, 2.24) is 4.90 Å². The zero-order valence-corrected chi connectivity index (χ0v) is 12.3. The molecule has 2 N–H and O–H groups in total. The van der Waals surface area contributed by atoms with Gasteiger partial charge in [0.15, 0.2) is 0 Å². The summed E-state index contributed by atoms with van der Waals surface area (Å²) in [5, 5.41) is 18.7. The Balaban J connectivity index is 2.92. The van der Waals surface area contributed by atoms with Crippen molar-refractivity contribution in [2.24, 2.45) is 0 Å². The molecule has 1 atom stereocenters. The molecular formula is C14H23BFNO3. The van der Waals surface area contributed by atoms with E-state index in [1.165, 1.54) is 12.1 Å². The molecule has 0 heterocycles. The molecule has 0 saturated heterocycles. The van der Waals surface area contributed by atoms with Gasteiger partial charge in [0.25, 0.3) is 0 Å². The number of halogens is 1. The number of rotatable bonds is 8. The molecule has 1 aromatic carbocycles. The van der Waals surface area contributed by atoms with Crippen LogP contribution in [-0.2, 0) is 11.3 Å². The second-order valence-electron chi connectivity index (χ2n) is 4.94. The molecule has 1 aromatic rings. The fourth-order valence-electron chi connectivity index (χ4n) is 2.09. The van der Waals surface area contributed by atoms with E-state index in [1.54, 1.807) is 13.2 Å². The first-order valence-electron chi connectivity index (χ1n) is 6.87. The van der Waals surface area contributed by atoms with Gasteiger partial charge < -0.3 is 14.8 Å². The summed E-state index contributed by atoms with van der Waals surface area (Å²) in [6.45, 7) is 6.07. The highest BCUT2D eigenvalue weighted by Crippen LogP contribution is 2.10. The molecule has 0 bridgehead atoms. The van der Waals surface area contributed by atoms with Crippen LogP contribution in [0.25, 0.3) is 0 Å². The number of benzene rings is 1. The predicted octanol–water partition coefficient (Wildman–Crippen LogP) is 0.752. The maximum absolute atomic E-state index is 13.2. The summed E-state index contributed by atoms with van der Waals surface area (Å²) in [5.74, 6) is -0.469. The summed E-state index contributed by atoms with van der Waals surface area (Å²) in [7, 11) is -0.0165. The first kappa shape index (κ1) is 17.1. The van der Waals surface area contributed by atoms with Crippen molar-refractivity contribution in [3.8, 4) is 0 Å². The third kappa shape index (κ3) is 4.87. The molecule has 0 aromatic heterocycles. The van der Waals surface area contributed by atoms with Gasteiger partial charge in [-0.05, 0) is 36.5 Å². The normalized spacial score (nSPS) is 12.8. The zero-order valence-electron chi connectivity index (χ0n) is 12.3. The predicted molar refractivity (Wildman–Crippen MR) is 78.3 cm³/mol. The minimum absolute atomic E-state index is 0.218. The summed E-state index contributed by atoms with van der Waals surface area (Å²) >= 11 is 0. The van der Waals surface area contributed by atoms with Crippen molar-refractivity contribution in [3.05, 3.63) is 29.6 Å². The highest BCUT2D eigenvalue weighted by Gasteiger charge is 2.20. The van der Waals surface area contributed by atoms with E-state index in [9.17, 15) is 14.4 Å². The Bertz CT molecular complexity index is 417. The Morgan fingerprint density at radius 3 is 2.65 bits per heavy atom. The Labute approximate surface area is 120 Å². The molecule has 0 aliphatic carbocycles. The van der Waals surface area contributed by atoms with Crippen molar-refractivity contribution < 1.29 is 19.2 Å². The summed E-state index contributed by atoms with van der Waals surface area (Å²) in [5.41, 5.74) is 0.938. The Hall–Kier alpha value is -0.945. The first-order valence-corrected chi connectivity index (χ1v) is 6.87. The first-order chi connectivity index (χ1) is 9.49. The van der Waals surface area contributed by atoms with E-state index < -0.39 is 12.9 Å². The third-order valence-electron chi connectivity index (χ3n) is 3.56. The average Bonchev–Trinajstić information content (AvgIpc) is 2.43. The molecule has 0 aliphatic rings. The number of nitrogens with zero attached hydrogens (tertiary/aromatic N) is 1. The lowest BCUT2D eigenvalue weighted by atomic mass is 9.76. The summed E-state index contributed by atoms with van der Waals surface area (Å²) in [4.78, 5) is 2.18. The zero-order chi connectivity index (χ0) is 15.1. The van der Waals surface area contributed by atoms with Crippen LogP contribution < -0.4 is 5.46 Å². The molecule has 0 spiro atoms. The number of ether oxygens (including phenoxy) is 1. The average molecular weight is 283 g/mol. The SMILES string of the molecule is CCC(C)N(CCOC)Cc1ccc(F)cc1B(O)O. The molecule has 4 nitrogen and oxygen atoms in total. The smallest absolute Gasteiger partial charge is 0.423 e. The number of hydrogen-bond acceptors (Lipinski definition) is 4. The highest BCUT2D eigenvalue weighted by atomic mass is 19.1. The number of hydrogen-bond donors (Lipinski definition) is 2. The minimum Gasteiger partial charge on any atom is -0.423 e. The molecule has 20 heavy (non-hydrogen) atoms. The third-order valence-corrected chi connectivity index (χ3v) is 3.56. The van der Waals surface area contributed by atoms with Gasteiger partial charge in [0, 0.05) is 26.2 Å². The van der Waals surface area contributed by atoms with E-state index >= 15 is 0 Å². The quantitative estimate of drug-likeness (QED) is 0.691. The van der Waals surface area contributed by atoms with Crippen LogP contribution in [-0.4, -0.2) is 48.4 Å². The van der Waals surface area contributed by atoms with Gasteiger partial charge in [-0.1, -0.05) is 13.0 Å². The maximum atomic E-state index is 13.2. The van der Waals surface area contributed by atoms with Crippen LogP contribution in [0, 0.1) is 5.82 Å². The lowest BCUT2D eigenvalue weighted by molar-refractivity contribution is 0.118. The van der Waals surface area contributed by atoms with Crippen molar-refractivity contribution >= 4 is 12.6 Å². The van der Waals surface area contributed by atoms with Gasteiger partial charge in [-0.2, -0.15) is 0 Å². The van der Waals surface area contributed by atoms with Crippen molar-refractivity contribution in [1.29, 1.82) is 0 Å². The van der Waals surface area contributed by atoms with Gasteiger partial charge in [0.1, 0.15) is 5.82 Å². The summed E-state index contributed by atoms with van der Waals surface area (Å²) < 4.78 is 18.3. The fraction of sp³-hybridized carbons (Fsp3) is 0.571. The van der Waals surface area contributed by atoms with Crippen LogP contribution in [0.15, 0.2) is 18.2 Å². The Morgan fingerprint density at radius 2 is 2.10 bits per heavy atom. The lowest BCUT2D eigenvalue weighted by Crippen LogP contribution is -2.40. The molecule has 112 valence electrons. The molecule has 0 aliphatic heterocycles. The van der Waals surface area contributed by atoms with E-state index in [-0.39, 0.29) is 5.46 Å². The highest BCUT2D eigenvalue weighted by molar-refractivity contribution is 6.59. The van der Waals surface area contributed by atoms with E-state index in [1.807, 2.05) is 0 Å². The Morgan fingerprint density at radius 1 is 1.40 bits per heavy atom. The molecule has 0 fully saturated rings. The van der Waals surface area contributed by atoms with Gasteiger partial charge in [-0.25, -0.2) is 4.39 Å². The van der Waals surface area contributed by atoms with E-state index in [0.717, 1.165) is 18.5 Å². The second kappa shape index (κ2) is 8.37. The Kier molecular flexibility index (Phi) is 7.16. The van der Waals surface area contributed by atoms with Crippen LogP contribution >= 0.6 is 0 Å². The second-order valence-corrected chi connectivity index (χ2v) is 4.94. The van der Waals surface area contributed by atoms with Gasteiger partial charge >= 0.3 is 7.12 Å².